The van der Waals surface area contributed by atoms with Gasteiger partial charge in [0.1, 0.15) is 0 Å². The maximum absolute atomic E-state index is 10.5. The summed E-state index contributed by atoms with van der Waals surface area (Å²) < 4.78 is 30.3. The Morgan fingerprint density at radius 3 is 1.92 bits per heavy atom. The quantitative estimate of drug-likeness (QED) is 0.607. The van der Waals surface area contributed by atoms with Gasteiger partial charge in [-0.25, -0.2) is 0 Å². The topological polar surface area (TPSA) is 54.4 Å². The van der Waals surface area contributed by atoms with E-state index in [-0.39, 0.29) is 34.5 Å². The Morgan fingerprint density at radius 1 is 1.17 bits per heavy atom. The molecular weight excluding hydrogens is 255 g/mol. The molecule has 0 fully saturated rings. The van der Waals surface area contributed by atoms with Gasteiger partial charge in [-0.05, 0) is 24.3 Å². The Bertz CT molecular complexity index is 346. The van der Waals surface area contributed by atoms with Gasteiger partial charge in [0.15, 0.2) is 0 Å². The molecule has 0 aliphatic rings. The number of halogens is 1. The van der Waals surface area contributed by atoms with Gasteiger partial charge in [-0.3, -0.25) is 4.55 Å². The molecule has 0 aliphatic heterocycles. The summed E-state index contributed by atoms with van der Waals surface area (Å²) in [4.78, 5) is -0.0966. The second kappa shape index (κ2) is 4.74. The zero-order valence-corrected chi connectivity index (χ0v) is 7.76. The fourth-order valence-electron chi connectivity index (χ4n) is 0.607. The van der Waals surface area contributed by atoms with Crippen molar-refractivity contribution in [1.29, 1.82) is 0 Å². The predicted molar refractivity (Wildman–Crippen MR) is 51.1 cm³/mol. The average Bonchev–Trinajstić information content (AvgIpc) is 1.86. The van der Waals surface area contributed by atoms with Gasteiger partial charge < -0.3 is 0 Å². The van der Waals surface area contributed by atoms with Gasteiger partial charge in [-0.15, -0.1) is 0 Å². The van der Waals surface area contributed by atoms with E-state index < -0.39 is 10.1 Å². The summed E-state index contributed by atoms with van der Waals surface area (Å²) in [5.41, 5.74) is 0. The van der Waals surface area contributed by atoms with Crippen LogP contribution in [0.25, 0.3) is 0 Å². The molecule has 3 nitrogen and oxygen atoms in total. The molecule has 0 radical (unpaired) electrons. The van der Waals surface area contributed by atoms with E-state index in [2.05, 4.69) is 15.9 Å². The summed E-state index contributed by atoms with van der Waals surface area (Å²) in [6.07, 6.45) is 0. The molecule has 6 heteroatoms. The van der Waals surface area contributed by atoms with Crippen molar-refractivity contribution in [3.8, 4) is 0 Å². The summed E-state index contributed by atoms with van der Waals surface area (Å²) in [6.45, 7) is 0. The van der Waals surface area contributed by atoms with Crippen molar-refractivity contribution >= 4 is 55.6 Å². The van der Waals surface area contributed by atoms with Crippen molar-refractivity contribution in [3.05, 3.63) is 28.7 Å². The Morgan fingerprint density at radius 2 is 1.58 bits per heavy atom. The van der Waals surface area contributed by atoms with Gasteiger partial charge in [-0.1, -0.05) is 15.9 Å². The Balaban J connectivity index is 0.00000121. The molecule has 0 aliphatic carbocycles. The van der Waals surface area contributed by atoms with Crippen molar-refractivity contribution in [1.82, 2.24) is 0 Å². The van der Waals surface area contributed by atoms with E-state index in [9.17, 15) is 8.42 Å². The summed E-state index contributed by atoms with van der Waals surface area (Å²) in [5.74, 6) is 0. The zero-order valence-electron chi connectivity index (χ0n) is 5.36. The Labute approximate surface area is 101 Å². The van der Waals surface area contributed by atoms with E-state index in [1.807, 2.05) is 0 Å². The Hall–Kier alpha value is 0.610. The first-order chi connectivity index (χ1) is 5.00. The number of rotatable bonds is 1. The standard InChI is InChI=1S/C6H5BrO3S.Na.H/c7-5-1-3-6(4-2-5)11(8,9)10;;/h1-4H,(H,8,9,10);;. The molecular formula is C6H6BrNaO3S. The van der Waals surface area contributed by atoms with Crippen LogP contribution in [0.3, 0.4) is 0 Å². The SMILES string of the molecule is O=S(=O)(O)c1ccc(Br)cc1.[NaH]. The first kappa shape index (κ1) is 12.6. The molecule has 1 aromatic rings. The van der Waals surface area contributed by atoms with Crippen molar-refractivity contribution < 1.29 is 13.0 Å². The second-order valence-electron chi connectivity index (χ2n) is 1.93. The third-order valence-corrected chi connectivity index (χ3v) is 2.51. The summed E-state index contributed by atoms with van der Waals surface area (Å²) in [7, 11) is -4.04. The molecule has 0 saturated heterocycles. The van der Waals surface area contributed by atoms with Crippen LogP contribution in [0.15, 0.2) is 33.6 Å². The third kappa shape index (κ3) is 3.55. The van der Waals surface area contributed by atoms with E-state index >= 15 is 0 Å². The molecule has 62 valence electrons. The van der Waals surface area contributed by atoms with Gasteiger partial charge in [0.05, 0.1) is 4.90 Å². The average molecular weight is 261 g/mol. The third-order valence-electron chi connectivity index (χ3n) is 1.11. The van der Waals surface area contributed by atoms with Crippen LogP contribution in [0.4, 0.5) is 0 Å². The molecule has 1 aromatic carbocycles. The molecule has 0 atom stereocenters. The van der Waals surface area contributed by atoms with Crippen molar-refractivity contribution in [2.75, 3.05) is 0 Å². The zero-order chi connectivity index (χ0) is 8.48. The molecule has 0 bridgehead atoms. The fourth-order valence-corrected chi connectivity index (χ4v) is 1.35. The van der Waals surface area contributed by atoms with Crippen molar-refractivity contribution in [3.63, 3.8) is 0 Å². The van der Waals surface area contributed by atoms with Gasteiger partial charge >= 0.3 is 29.6 Å². The number of hydrogen-bond acceptors (Lipinski definition) is 2. The van der Waals surface area contributed by atoms with Gasteiger partial charge in [0.2, 0.25) is 0 Å². The van der Waals surface area contributed by atoms with Crippen LogP contribution in [-0.4, -0.2) is 42.5 Å². The monoisotopic (exact) mass is 260 g/mol. The molecule has 0 unspecified atom stereocenters. The second-order valence-corrected chi connectivity index (χ2v) is 4.27. The first-order valence-corrected chi connectivity index (χ1v) is 4.96. The van der Waals surface area contributed by atoms with Crippen molar-refractivity contribution in [2.24, 2.45) is 0 Å². The normalized spacial score (nSPS) is 10.5. The summed E-state index contributed by atoms with van der Waals surface area (Å²) in [6, 6.07) is 5.73. The van der Waals surface area contributed by atoms with Gasteiger partial charge in [0.25, 0.3) is 10.1 Å². The van der Waals surface area contributed by atoms with E-state index in [0.29, 0.717) is 0 Å². The van der Waals surface area contributed by atoms with Crippen LogP contribution >= 0.6 is 15.9 Å². The van der Waals surface area contributed by atoms with Crippen LogP contribution in [0, 0.1) is 0 Å². The van der Waals surface area contributed by atoms with E-state index in [4.69, 9.17) is 4.55 Å². The fraction of sp³-hybridized carbons (Fsp3) is 0. The molecule has 0 aromatic heterocycles. The van der Waals surface area contributed by atoms with Crippen molar-refractivity contribution in [2.45, 2.75) is 4.90 Å². The van der Waals surface area contributed by atoms with E-state index in [1.165, 1.54) is 12.1 Å². The number of hydrogen-bond donors (Lipinski definition) is 1. The first-order valence-electron chi connectivity index (χ1n) is 2.73. The van der Waals surface area contributed by atoms with Gasteiger partial charge in [0, 0.05) is 4.47 Å². The molecule has 0 spiro atoms. The minimum atomic E-state index is -4.04. The molecule has 0 saturated carbocycles. The van der Waals surface area contributed by atoms with Crippen LogP contribution in [-0.2, 0) is 10.1 Å². The van der Waals surface area contributed by atoms with Crippen LogP contribution in [0.5, 0.6) is 0 Å². The van der Waals surface area contributed by atoms with Gasteiger partial charge in [-0.2, -0.15) is 8.42 Å². The van der Waals surface area contributed by atoms with E-state index in [1.54, 1.807) is 12.1 Å². The Kier molecular flexibility index (Phi) is 4.98. The minimum absolute atomic E-state index is 0. The van der Waals surface area contributed by atoms with Crippen LogP contribution < -0.4 is 0 Å². The summed E-state index contributed by atoms with van der Waals surface area (Å²) in [5, 5.41) is 0. The molecule has 12 heavy (non-hydrogen) atoms. The maximum atomic E-state index is 10.5. The van der Waals surface area contributed by atoms with Crippen LogP contribution in [0.2, 0.25) is 0 Å². The molecule has 0 heterocycles. The molecule has 1 N–H and O–H groups in total. The summed E-state index contributed by atoms with van der Waals surface area (Å²) >= 11 is 3.14. The van der Waals surface area contributed by atoms with Crippen LogP contribution in [0.1, 0.15) is 0 Å². The number of benzene rings is 1. The molecule has 0 amide bonds. The predicted octanol–water partition coefficient (Wildman–Crippen LogP) is 1.05. The van der Waals surface area contributed by atoms with E-state index in [0.717, 1.165) is 4.47 Å². The molecule has 1 rings (SSSR count).